The molecule has 96 valence electrons. The van der Waals surface area contributed by atoms with Crippen LogP contribution < -0.4 is 0 Å². The number of amides is 1. The van der Waals surface area contributed by atoms with Crippen LogP contribution in [0.3, 0.4) is 0 Å². The Morgan fingerprint density at radius 1 is 1.44 bits per heavy atom. The summed E-state index contributed by atoms with van der Waals surface area (Å²) in [5, 5.41) is 0. The molecule has 5 heteroatoms. The molecule has 0 aromatic rings. The minimum Gasteiger partial charge on any atom is -0.332 e. The lowest BCUT2D eigenvalue weighted by Gasteiger charge is -2.17. The summed E-state index contributed by atoms with van der Waals surface area (Å²) in [4.78, 5) is 27.9. The number of halogens is 1. The molecule has 1 fully saturated rings. The maximum Gasteiger partial charge on any atom is 0.210 e. The second-order valence-corrected chi connectivity index (χ2v) is 3.81. The average molecular weight is 250 g/mol. The number of ketones is 1. The number of allylic oxidation sites excluding steroid dienone is 3. The second-order valence-electron chi connectivity index (χ2n) is 3.81. The van der Waals surface area contributed by atoms with Crippen molar-refractivity contribution in [2.24, 2.45) is 4.99 Å². The summed E-state index contributed by atoms with van der Waals surface area (Å²) < 4.78 is 13.2. The SMILES string of the molecule is C=C/C=C\C(=N/C=C)C(=O)[C@@H]1C[C@@H](F)CN1C=O. The molecule has 2 atom stereocenters. The molecule has 0 aliphatic carbocycles. The average Bonchev–Trinajstić information content (AvgIpc) is 2.75. The van der Waals surface area contributed by atoms with Crippen molar-refractivity contribution in [1.82, 2.24) is 4.90 Å². The minimum atomic E-state index is -1.17. The Bertz CT molecular complexity index is 415. The normalized spacial score (nSPS) is 24.3. The van der Waals surface area contributed by atoms with Gasteiger partial charge in [0, 0.05) is 12.6 Å². The Labute approximate surface area is 105 Å². The van der Waals surface area contributed by atoms with Gasteiger partial charge < -0.3 is 4.90 Å². The van der Waals surface area contributed by atoms with Crippen molar-refractivity contribution in [3.63, 3.8) is 0 Å². The largest absolute Gasteiger partial charge is 0.332 e. The lowest BCUT2D eigenvalue weighted by atomic mass is 10.0. The number of hydrogen-bond acceptors (Lipinski definition) is 3. The predicted molar refractivity (Wildman–Crippen MR) is 68.0 cm³/mol. The summed E-state index contributed by atoms with van der Waals surface area (Å²) in [5.41, 5.74) is 0.135. The number of likely N-dealkylation sites (tertiary alicyclic amines) is 1. The van der Waals surface area contributed by atoms with E-state index in [0.717, 1.165) is 4.90 Å². The summed E-state index contributed by atoms with van der Waals surface area (Å²) in [6.45, 7) is 6.85. The van der Waals surface area contributed by atoms with E-state index in [1.54, 1.807) is 6.08 Å². The van der Waals surface area contributed by atoms with Crippen LogP contribution in [0.1, 0.15) is 6.42 Å². The lowest BCUT2D eigenvalue weighted by molar-refractivity contribution is -0.125. The fourth-order valence-corrected chi connectivity index (χ4v) is 1.80. The topological polar surface area (TPSA) is 49.7 Å². The van der Waals surface area contributed by atoms with E-state index in [0.29, 0.717) is 6.41 Å². The van der Waals surface area contributed by atoms with E-state index in [4.69, 9.17) is 0 Å². The molecule has 1 amide bonds. The minimum absolute atomic E-state index is 0.00959. The van der Waals surface area contributed by atoms with E-state index in [-0.39, 0.29) is 24.5 Å². The smallest absolute Gasteiger partial charge is 0.210 e. The Morgan fingerprint density at radius 3 is 2.72 bits per heavy atom. The Hall–Kier alpha value is -2.04. The monoisotopic (exact) mass is 250 g/mol. The summed E-state index contributed by atoms with van der Waals surface area (Å²) in [6.07, 6.45) is 5.07. The molecular formula is C13H15FN2O2. The van der Waals surface area contributed by atoms with Gasteiger partial charge in [-0.25, -0.2) is 4.39 Å². The van der Waals surface area contributed by atoms with Crippen molar-refractivity contribution in [3.8, 4) is 0 Å². The van der Waals surface area contributed by atoms with Gasteiger partial charge in [-0.3, -0.25) is 14.6 Å². The van der Waals surface area contributed by atoms with Gasteiger partial charge in [0.2, 0.25) is 12.2 Å². The Balaban J connectivity index is 2.92. The molecule has 0 unspecified atom stereocenters. The van der Waals surface area contributed by atoms with Crippen LogP contribution in [0.25, 0.3) is 0 Å². The third-order valence-corrected chi connectivity index (χ3v) is 2.60. The van der Waals surface area contributed by atoms with Crippen molar-refractivity contribution in [2.75, 3.05) is 6.54 Å². The van der Waals surface area contributed by atoms with Gasteiger partial charge in [0.25, 0.3) is 0 Å². The molecule has 1 heterocycles. The third-order valence-electron chi connectivity index (χ3n) is 2.60. The van der Waals surface area contributed by atoms with Gasteiger partial charge >= 0.3 is 0 Å². The first kappa shape index (κ1) is 14.0. The number of Topliss-reactive ketones (excluding diaryl/α,β-unsaturated/α-hetero) is 1. The quantitative estimate of drug-likeness (QED) is 0.407. The highest BCUT2D eigenvalue weighted by Crippen LogP contribution is 2.20. The van der Waals surface area contributed by atoms with Gasteiger partial charge in [0.15, 0.2) is 0 Å². The van der Waals surface area contributed by atoms with Crippen molar-refractivity contribution in [2.45, 2.75) is 18.6 Å². The number of rotatable bonds is 6. The number of carbonyl (C=O) groups excluding carboxylic acids is 2. The van der Waals surface area contributed by atoms with Crippen LogP contribution in [-0.4, -0.2) is 41.6 Å². The first-order valence-electron chi connectivity index (χ1n) is 5.51. The van der Waals surface area contributed by atoms with Gasteiger partial charge in [-0.05, 0) is 6.08 Å². The fraction of sp³-hybridized carbons (Fsp3) is 0.308. The molecule has 1 aliphatic heterocycles. The predicted octanol–water partition coefficient (Wildman–Crippen LogP) is 1.45. The molecule has 1 rings (SSSR count). The van der Waals surface area contributed by atoms with E-state index in [9.17, 15) is 14.0 Å². The molecule has 1 aliphatic rings. The van der Waals surface area contributed by atoms with Gasteiger partial charge in [0.1, 0.15) is 11.9 Å². The number of nitrogens with zero attached hydrogens (tertiary/aromatic N) is 2. The third kappa shape index (κ3) is 3.23. The van der Waals surface area contributed by atoms with E-state index in [1.165, 1.54) is 18.4 Å². The highest BCUT2D eigenvalue weighted by atomic mass is 19.1. The zero-order chi connectivity index (χ0) is 13.5. The van der Waals surface area contributed by atoms with Gasteiger partial charge in [-0.15, -0.1) is 0 Å². The van der Waals surface area contributed by atoms with Crippen LogP contribution >= 0.6 is 0 Å². The van der Waals surface area contributed by atoms with E-state index in [2.05, 4.69) is 18.2 Å². The maximum absolute atomic E-state index is 13.2. The second kappa shape index (κ2) is 6.64. The Kier molecular flexibility index (Phi) is 5.17. The Morgan fingerprint density at radius 2 is 2.17 bits per heavy atom. The summed E-state index contributed by atoms with van der Waals surface area (Å²) in [6, 6.07) is -0.786. The van der Waals surface area contributed by atoms with E-state index < -0.39 is 12.2 Å². The fourth-order valence-electron chi connectivity index (χ4n) is 1.80. The maximum atomic E-state index is 13.2. The molecule has 4 nitrogen and oxygen atoms in total. The van der Waals surface area contributed by atoms with Crippen LogP contribution in [0.2, 0.25) is 0 Å². The molecule has 0 aromatic carbocycles. The van der Waals surface area contributed by atoms with Crippen LogP contribution in [0.5, 0.6) is 0 Å². The van der Waals surface area contributed by atoms with Gasteiger partial charge in [0.05, 0.1) is 12.6 Å². The molecule has 1 saturated heterocycles. The van der Waals surface area contributed by atoms with Crippen molar-refractivity contribution >= 4 is 17.9 Å². The summed E-state index contributed by atoms with van der Waals surface area (Å²) >= 11 is 0. The summed E-state index contributed by atoms with van der Waals surface area (Å²) in [7, 11) is 0. The van der Waals surface area contributed by atoms with Gasteiger partial charge in [-0.1, -0.05) is 25.3 Å². The van der Waals surface area contributed by atoms with Crippen molar-refractivity contribution in [1.29, 1.82) is 0 Å². The van der Waals surface area contributed by atoms with Crippen LogP contribution in [0.15, 0.2) is 42.6 Å². The molecule has 0 aromatic heterocycles. The molecule has 18 heavy (non-hydrogen) atoms. The number of hydrogen-bond donors (Lipinski definition) is 0. The first-order valence-corrected chi connectivity index (χ1v) is 5.51. The standard InChI is InChI=1S/C13H15FN2O2/c1-3-5-6-11(15-4-2)13(18)12-7-10(14)8-16(12)9-17/h3-6,9-10,12H,1-2,7-8H2/b6-5-,15-11+/t10-,12+/m1/s1. The molecule has 0 bridgehead atoms. The molecule has 0 radical (unpaired) electrons. The number of carbonyl (C=O) groups is 2. The lowest BCUT2D eigenvalue weighted by Crippen LogP contribution is -2.38. The zero-order valence-corrected chi connectivity index (χ0v) is 9.96. The van der Waals surface area contributed by atoms with Crippen molar-refractivity contribution in [3.05, 3.63) is 37.6 Å². The van der Waals surface area contributed by atoms with E-state index in [1.807, 2.05) is 0 Å². The molecule has 0 saturated carbocycles. The first-order chi connectivity index (χ1) is 8.63. The van der Waals surface area contributed by atoms with Crippen molar-refractivity contribution < 1.29 is 14.0 Å². The highest BCUT2D eigenvalue weighted by Gasteiger charge is 2.37. The van der Waals surface area contributed by atoms with Crippen LogP contribution in [-0.2, 0) is 9.59 Å². The van der Waals surface area contributed by atoms with Crippen LogP contribution in [0.4, 0.5) is 4.39 Å². The number of alkyl halides is 1. The molecular weight excluding hydrogens is 235 g/mol. The van der Waals surface area contributed by atoms with Crippen LogP contribution in [0, 0.1) is 0 Å². The summed E-state index contributed by atoms with van der Waals surface area (Å²) in [5.74, 6) is -0.389. The highest BCUT2D eigenvalue weighted by molar-refractivity contribution is 6.46. The van der Waals surface area contributed by atoms with Gasteiger partial charge in [-0.2, -0.15) is 0 Å². The number of aliphatic imine (C=N–C) groups is 1. The zero-order valence-electron chi connectivity index (χ0n) is 9.96. The molecule has 0 N–H and O–H groups in total. The van der Waals surface area contributed by atoms with E-state index >= 15 is 0 Å². The molecule has 0 spiro atoms.